The van der Waals surface area contributed by atoms with Crippen LogP contribution in [0.15, 0.2) is 53.4 Å². The fraction of sp³-hybridized carbons (Fsp3) is 0.263. The SMILES string of the molecule is C[C@H](NC(=O)COC(=O)c1cc(S(=O)(=O)N(C)C)ccc1F)c1ccccc1. The average Bonchev–Trinajstić information content (AvgIpc) is 2.66. The van der Waals surface area contributed by atoms with Crippen molar-refractivity contribution in [1.29, 1.82) is 0 Å². The first-order chi connectivity index (χ1) is 13.1. The number of sulfonamides is 1. The smallest absolute Gasteiger partial charge is 0.341 e. The molecule has 0 aliphatic heterocycles. The second kappa shape index (κ2) is 8.94. The number of benzene rings is 2. The number of carbonyl (C=O) groups excluding carboxylic acids is 2. The third kappa shape index (κ3) is 5.14. The molecule has 0 heterocycles. The molecule has 9 heteroatoms. The molecule has 1 atom stereocenters. The molecule has 0 radical (unpaired) electrons. The number of nitrogens with zero attached hydrogens (tertiary/aromatic N) is 1. The van der Waals surface area contributed by atoms with Gasteiger partial charge in [-0.2, -0.15) is 0 Å². The topological polar surface area (TPSA) is 92.8 Å². The van der Waals surface area contributed by atoms with Crippen molar-refractivity contribution >= 4 is 21.9 Å². The number of halogens is 1. The highest BCUT2D eigenvalue weighted by molar-refractivity contribution is 7.89. The van der Waals surface area contributed by atoms with Crippen molar-refractivity contribution < 1.29 is 27.1 Å². The van der Waals surface area contributed by atoms with Crippen molar-refractivity contribution in [2.45, 2.75) is 17.9 Å². The van der Waals surface area contributed by atoms with E-state index in [9.17, 15) is 22.4 Å². The Morgan fingerprint density at radius 3 is 2.39 bits per heavy atom. The van der Waals surface area contributed by atoms with Crippen LogP contribution in [0.25, 0.3) is 0 Å². The normalized spacial score (nSPS) is 12.5. The van der Waals surface area contributed by atoms with E-state index in [2.05, 4.69) is 5.32 Å². The van der Waals surface area contributed by atoms with E-state index in [1.807, 2.05) is 30.3 Å². The molecule has 1 N–H and O–H groups in total. The third-order valence-electron chi connectivity index (χ3n) is 3.95. The molecule has 2 aromatic rings. The molecule has 0 bridgehead atoms. The number of ether oxygens (including phenoxy) is 1. The van der Waals surface area contributed by atoms with Crippen molar-refractivity contribution in [3.8, 4) is 0 Å². The van der Waals surface area contributed by atoms with Gasteiger partial charge in [0.2, 0.25) is 10.0 Å². The highest BCUT2D eigenvalue weighted by atomic mass is 32.2. The first-order valence-electron chi connectivity index (χ1n) is 8.36. The van der Waals surface area contributed by atoms with E-state index in [1.54, 1.807) is 6.92 Å². The Hall–Kier alpha value is -2.78. The summed E-state index contributed by atoms with van der Waals surface area (Å²) in [5.74, 6) is -2.64. The number of hydrogen-bond acceptors (Lipinski definition) is 5. The van der Waals surface area contributed by atoms with Gasteiger partial charge in [-0.1, -0.05) is 30.3 Å². The van der Waals surface area contributed by atoms with Crippen molar-refractivity contribution in [2.24, 2.45) is 0 Å². The van der Waals surface area contributed by atoms with Crippen LogP contribution in [0.5, 0.6) is 0 Å². The van der Waals surface area contributed by atoms with Crippen molar-refractivity contribution in [2.75, 3.05) is 20.7 Å². The Balaban J connectivity index is 2.04. The largest absolute Gasteiger partial charge is 0.452 e. The van der Waals surface area contributed by atoms with E-state index in [-0.39, 0.29) is 10.9 Å². The average molecular weight is 408 g/mol. The molecule has 0 aliphatic carbocycles. The summed E-state index contributed by atoms with van der Waals surface area (Å²) in [5, 5.41) is 2.66. The zero-order valence-corrected chi connectivity index (χ0v) is 16.5. The predicted molar refractivity (Wildman–Crippen MR) is 101 cm³/mol. The number of rotatable bonds is 7. The number of nitrogens with one attached hydrogen (secondary N) is 1. The molecule has 0 saturated heterocycles. The number of esters is 1. The van der Waals surface area contributed by atoms with Crippen LogP contribution in [-0.2, 0) is 19.6 Å². The molecule has 0 unspecified atom stereocenters. The van der Waals surface area contributed by atoms with E-state index < -0.39 is 39.9 Å². The number of carbonyl (C=O) groups is 2. The van der Waals surface area contributed by atoms with Crippen LogP contribution in [0.2, 0.25) is 0 Å². The van der Waals surface area contributed by atoms with Gasteiger partial charge in [0.25, 0.3) is 5.91 Å². The van der Waals surface area contributed by atoms with Crippen LogP contribution in [0.3, 0.4) is 0 Å². The quantitative estimate of drug-likeness (QED) is 0.709. The summed E-state index contributed by atoms with van der Waals surface area (Å²) in [6.07, 6.45) is 0. The van der Waals surface area contributed by atoms with Gasteiger partial charge in [0.05, 0.1) is 16.5 Å². The summed E-state index contributed by atoms with van der Waals surface area (Å²) in [6.45, 7) is 1.14. The van der Waals surface area contributed by atoms with E-state index in [1.165, 1.54) is 14.1 Å². The van der Waals surface area contributed by atoms with Crippen LogP contribution in [0, 0.1) is 5.82 Å². The van der Waals surface area contributed by atoms with Gasteiger partial charge in [0, 0.05) is 14.1 Å². The van der Waals surface area contributed by atoms with Gasteiger partial charge in [0.15, 0.2) is 6.61 Å². The fourth-order valence-electron chi connectivity index (χ4n) is 2.35. The minimum absolute atomic E-state index is 0.256. The Kier molecular flexibility index (Phi) is 6.87. The van der Waals surface area contributed by atoms with Crippen molar-refractivity contribution in [1.82, 2.24) is 9.62 Å². The summed E-state index contributed by atoms with van der Waals surface area (Å²) >= 11 is 0. The third-order valence-corrected chi connectivity index (χ3v) is 5.76. The molecule has 0 aromatic heterocycles. The summed E-state index contributed by atoms with van der Waals surface area (Å²) in [5.41, 5.74) is 0.307. The van der Waals surface area contributed by atoms with Crippen molar-refractivity contribution in [3.63, 3.8) is 0 Å². The Labute approximate surface area is 163 Å². The first-order valence-corrected chi connectivity index (χ1v) is 9.80. The van der Waals surface area contributed by atoms with Gasteiger partial charge in [0.1, 0.15) is 5.82 Å². The number of hydrogen-bond donors (Lipinski definition) is 1. The van der Waals surface area contributed by atoms with Gasteiger partial charge in [-0.15, -0.1) is 0 Å². The van der Waals surface area contributed by atoms with Gasteiger partial charge in [-0.05, 0) is 30.7 Å². The lowest BCUT2D eigenvalue weighted by atomic mass is 10.1. The molecule has 0 aliphatic rings. The minimum atomic E-state index is -3.85. The molecular formula is C19H21FN2O5S. The lowest BCUT2D eigenvalue weighted by molar-refractivity contribution is -0.124. The lowest BCUT2D eigenvalue weighted by Gasteiger charge is -2.15. The second-order valence-corrected chi connectivity index (χ2v) is 8.36. The summed E-state index contributed by atoms with van der Waals surface area (Å²) in [4.78, 5) is 23.8. The lowest BCUT2D eigenvalue weighted by Crippen LogP contribution is -2.31. The van der Waals surface area contributed by atoms with E-state index in [0.29, 0.717) is 0 Å². The standard InChI is InChI=1S/C19H21FN2O5S/c1-13(14-7-5-4-6-8-14)21-18(23)12-27-19(24)16-11-15(9-10-17(16)20)28(25,26)22(2)3/h4-11,13H,12H2,1-3H3,(H,21,23)/t13-/m0/s1. The molecular weight excluding hydrogens is 387 g/mol. The van der Waals surface area contributed by atoms with Gasteiger partial charge in [-0.25, -0.2) is 21.9 Å². The molecule has 2 aromatic carbocycles. The highest BCUT2D eigenvalue weighted by Crippen LogP contribution is 2.18. The van der Waals surface area contributed by atoms with Gasteiger partial charge in [-0.3, -0.25) is 4.79 Å². The maximum absolute atomic E-state index is 14.0. The molecule has 28 heavy (non-hydrogen) atoms. The summed E-state index contributed by atoms with van der Waals surface area (Å²) < 4.78 is 44.0. The molecule has 0 spiro atoms. The summed E-state index contributed by atoms with van der Waals surface area (Å²) in [6, 6.07) is 11.7. The van der Waals surface area contributed by atoms with Crippen LogP contribution < -0.4 is 5.32 Å². The van der Waals surface area contributed by atoms with Crippen LogP contribution in [0.1, 0.15) is 28.9 Å². The zero-order valence-electron chi connectivity index (χ0n) is 15.7. The summed E-state index contributed by atoms with van der Waals surface area (Å²) in [7, 11) is -1.22. The van der Waals surface area contributed by atoms with E-state index in [4.69, 9.17) is 4.74 Å². The maximum atomic E-state index is 14.0. The molecule has 1 amide bonds. The predicted octanol–water partition coefficient (Wildman–Crippen LogP) is 2.11. The maximum Gasteiger partial charge on any atom is 0.341 e. The number of amides is 1. The monoisotopic (exact) mass is 408 g/mol. The Morgan fingerprint density at radius 1 is 1.14 bits per heavy atom. The minimum Gasteiger partial charge on any atom is -0.452 e. The molecule has 0 saturated carbocycles. The Morgan fingerprint density at radius 2 is 1.79 bits per heavy atom. The zero-order chi connectivity index (χ0) is 20.9. The van der Waals surface area contributed by atoms with Crippen LogP contribution >= 0.6 is 0 Å². The first kappa shape index (κ1) is 21.5. The van der Waals surface area contributed by atoms with E-state index in [0.717, 1.165) is 28.1 Å². The van der Waals surface area contributed by atoms with E-state index >= 15 is 0 Å². The van der Waals surface area contributed by atoms with Gasteiger partial charge < -0.3 is 10.1 Å². The van der Waals surface area contributed by atoms with Crippen LogP contribution in [-0.4, -0.2) is 45.3 Å². The Bertz CT molecular complexity index is 962. The molecule has 0 fully saturated rings. The van der Waals surface area contributed by atoms with Crippen molar-refractivity contribution in [3.05, 3.63) is 65.5 Å². The van der Waals surface area contributed by atoms with Gasteiger partial charge >= 0.3 is 5.97 Å². The van der Waals surface area contributed by atoms with Crippen LogP contribution in [0.4, 0.5) is 4.39 Å². The molecule has 150 valence electrons. The highest BCUT2D eigenvalue weighted by Gasteiger charge is 2.22. The second-order valence-electron chi connectivity index (χ2n) is 6.21. The molecule has 7 nitrogen and oxygen atoms in total. The fourth-order valence-corrected chi connectivity index (χ4v) is 3.28. The molecule has 2 rings (SSSR count).